The molecule has 0 aliphatic heterocycles. The number of rotatable bonds is 8. The Labute approximate surface area is 198 Å². The Morgan fingerprint density at radius 1 is 1.00 bits per heavy atom. The summed E-state index contributed by atoms with van der Waals surface area (Å²) in [5.74, 6) is 0.291. The lowest BCUT2D eigenvalue weighted by atomic mass is 10.1. The first-order chi connectivity index (χ1) is 16.3. The Kier molecular flexibility index (Phi) is 6.65. The number of ether oxygens (including phenoxy) is 1. The fraction of sp³-hybridized carbons (Fsp3) is 0.120. The number of sulfonamides is 1. The first kappa shape index (κ1) is 23.1. The van der Waals surface area contributed by atoms with Gasteiger partial charge in [-0.2, -0.15) is 5.10 Å². The van der Waals surface area contributed by atoms with Crippen molar-refractivity contribution < 1.29 is 17.9 Å². The molecule has 0 bridgehead atoms. The van der Waals surface area contributed by atoms with Crippen LogP contribution in [0.5, 0.6) is 5.75 Å². The normalized spacial score (nSPS) is 11.1. The summed E-state index contributed by atoms with van der Waals surface area (Å²) in [6, 6.07) is 20.4. The summed E-state index contributed by atoms with van der Waals surface area (Å²) in [6.45, 7) is 2.31. The number of anilines is 2. The van der Waals surface area contributed by atoms with Crippen molar-refractivity contribution in [3.8, 4) is 5.75 Å². The molecule has 0 aliphatic rings. The van der Waals surface area contributed by atoms with Crippen LogP contribution in [0, 0.1) is 6.92 Å². The van der Waals surface area contributed by atoms with Crippen molar-refractivity contribution in [2.75, 3.05) is 17.1 Å². The molecule has 34 heavy (non-hydrogen) atoms. The molecule has 3 aromatic carbocycles. The van der Waals surface area contributed by atoms with Gasteiger partial charge >= 0.3 is 0 Å². The van der Waals surface area contributed by atoms with Gasteiger partial charge in [-0.05, 0) is 72.6 Å². The zero-order chi connectivity index (χ0) is 24.1. The lowest BCUT2D eigenvalue weighted by Gasteiger charge is -2.13. The minimum absolute atomic E-state index is 0.0793. The summed E-state index contributed by atoms with van der Waals surface area (Å²) >= 11 is 0. The number of nitrogens with zero attached hydrogens (tertiary/aromatic N) is 2. The molecule has 0 aliphatic carbocycles. The van der Waals surface area contributed by atoms with Gasteiger partial charge in [0.15, 0.2) is 0 Å². The average molecular weight is 477 g/mol. The van der Waals surface area contributed by atoms with Crippen molar-refractivity contribution in [2.45, 2.75) is 18.4 Å². The van der Waals surface area contributed by atoms with Crippen molar-refractivity contribution in [3.05, 3.63) is 102 Å². The summed E-state index contributed by atoms with van der Waals surface area (Å²) in [6.07, 6.45) is 3.58. The first-order valence-corrected chi connectivity index (χ1v) is 12.0. The van der Waals surface area contributed by atoms with E-state index in [1.807, 2.05) is 24.4 Å². The second-order valence-corrected chi connectivity index (χ2v) is 9.32. The predicted octanol–water partition coefficient (Wildman–Crippen LogP) is 4.30. The molecule has 4 rings (SSSR count). The topological polar surface area (TPSA) is 102 Å². The van der Waals surface area contributed by atoms with Crippen LogP contribution in [-0.4, -0.2) is 31.2 Å². The zero-order valence-electron chi connectivity index (χ0n) is 18.7. The molecular weight excluding hydrogens is 452 g/mol. The van der Waals surface area contributed by atoms with Gasteiger partial charge in [-0.25, -0.2) is 8.42 Å². The molecule has 2 N–H and O–H groups in total. The Bertz CT molecular complexity index is 1380. The molecule has 9 heteroatoms. The van der Waals surface area contributed by atoms with Crippen LogP contribution in [0.25, 0.3) is 0 Å². The molecule has 0 fully saturated rings. The molecule has 1 heterocycles. The molecule has 1 aromatic heterocycles. The second kappa shape index (κ2) is 9.80. The fourth-order valence-corrected chi connectivity index (χ4v) is 4.71. The number of aromatic nitrogens is 2. The van der Waals surface area contributed by atoms with Gasteiger partial charge < -0.3 is 10.1 Å². The Morgan fingerprint density at radius 3 is 2.35 bits per heavy atom. The minimum Gasteiger partial charge on any atom is -0.497 e. The monoisotopic (exact) mass is 476 g/mol. The van der Waals surface area contributed by atoms with Crippen LogP contribution in [0.4, 0.5) is 11.4 Å². The molecule has 174 valence electrons. The number of hydrogen-bond acceptors (Lipinski definition) is 5. The number of nitrogens with one attached hydrogen (secondary N) is 2. The van der Waals surface area contributed by atoms with Gasteiger partial charge in [-0.3, -0.25) is 14.2 Å². The summed E-state index contributed by atoms with van der Waals surface area (Å²) in [4.78, 5) is 12.8. The number of benzene rings is 3. The zero-order valence-corrected chi connectivity index (χ0v) is 19.5. The van der Waals surface area contributed by atoms with E-state index in [0.717, 1.165) is 5.56 Å². The third-order valence-corrected chi connectivity index (χ3v) is 6.72. The van der Waals surface area contributed by atoms with Crippen LogP contribution < -0.4 is 14.8 Å². The van der Waals surface area contributed by atoms with E-state index in [9.17, 15) is 13.2 Å². The van der Waals surface area contributed by atoms with Crippen LogP contribution >= 0.6 is 0 Å². The number of amides is 1. The van der Waals surface area contributed by atoms with Gasteiger partial charge in [-0.15, -0.1) is 0 Å². The van der Waals surface area contributed by atoms with E-state index in [1.54, 1.807) is 66.3 Å². The van der Waals surface area contributed by atoms with Crippen molar-refractivity contribution in [1.29, 1.82) is 0 Å². The summed E-state index contributed by atoms with van der Waals surface area (Å²) in [5.41, 5.74) is 2.82. The first-order valence-electron chi connectivity index (χ1n) is 10.5. The van der Waals surface area contributed by atoms with E-state index in [0.29, 0.717) is 34.8 Å². The average Bonchev–Trinajstić information content (AvgIpc) is 3.34. The van der Waals surface area contributed by atoms with Crippen molar-refractivity contribution in [3.63, 3.8) is 0 Å². The number of carbonyl (C=O) groups is 1. The Balaban J connectivity index is 1.48. The lowest BCUT2D eigenvalue weighted by molar-refractivity contribution is 0.102. The maximum Gasteiger partial charge on any atom is 0.262 e. The molecule has 0 saturated heterocycles. The van der Waals surface area contributed by atoms with Crippen molar-refractivity contribution in [2.24, 2.45) is 0 Å². The summed E-state index contributed by atoms with van der Waals surface area (Å²) < 4.78 is 35.4. The van der Waals surface area contributed by atoms with E-state index in [4.69, 9.17) is 4.74 Å². The molecule has 0 spiro atoms. The molecule has 0 unspecified atom stereocenters. The van der Waals surface area contributed by atoms with Gasteiger partial charge in [0.2, 0.25) is 0 Å². The van der Waals surface area contributed by atoms with Crippen molar-refractivity contribution in [1.82, 2.24) is 9.78 Å². The Hall–Kier alpha value is -4.11. The van der Waals surface area contributed by atoms with Gasteiger partial charge in [0.25, 0.3) is 15.9 Å². The highest BCUT2D eigenvalue weighted by Crippen LogP contribution is 2.24. The van der Waals surface area contributed by atoms with Gasteiger partial charge in [-0.1, -0.05) is 18.2 Å². The smallest absolute Gasteiger partial charge is 0.262 e. The molecular formula is C25H24N4O4S. The highest BCUT2D eigenvalue weighted by atomic mass is 32.2. The number of carbonyl (C=O) groups excluding carboxylic acids is 1. The van der Waals surface area contributed by atoms with Crippen LogP contribution in [0.15, 0.2) is 90.1 Å². The molecule has 4 aromatic rings. The predicted molar refractivity (Wildman–Crippen MR) is 131 cm³/mol. The van der Waals surface area contributed by atoms with Crippen molar-refractivity contribution >= 4 is 27.3 Å². The molecule has 8 nitrogen and oxygen atoms in total. The molecule has 0 atom stereocenters. The highest BCUT2D eigenvalue weighted by Gasteiger charge is 2.18. The fourth-order valence-electron chi connectivity index (χ4n) is 3.38. The van der Waals surface area contributed by atoms with E-state index in [1.165, 1.54) is 13.2 Å². The SMILES string of the molecule is COc1ccc(NS(=O)(=O)c2cc(NC(=O)c3ccc(Cn4cccn4)cc3)ccc2C)cc1. The maximum atomic E-state index is 13.0. The van der Waals surface area contributed by atoms with Crippen LogP contribution in [0.2, 0.25) is 0 Å². The quantitative estimate of drug-likeness (QED) is 0.395. The minimum atomic E-state index is -3.87. The maximum absolute atomic E-state index is 13.0. The summed E-state index contributed by atoms with van der Waals surface area (Å²) in [7, 11) is -2.33. The van der Waals surface area contributed by atoms with E-state index < -0.39 is 10.0 Å². The van der Waals surface area contributed by atoms with Gasteiger partial charge in [0, 0.05) is 29.3 Å². The van der Waals surface area contributed by atoms with Crippen LogP contribution in [0.1, 0.15) is 21.5 Å². The van der Waals surface area contributed by atoms with Gasteiger partial charge in [0.05, 0.1) is 18.6 Å². The van der Waals surface area contributed by atoms with E-state index in [2.05, 4.69) is 15.1 Å². The third-order valence-electron chi connectivity index (χ3n) is 5.20. The molecule has 0 saturated carbocycles. The van der Waals surface area contributed by atoms with Gasteiger partial charge in [0.1, 0.15) is 5.75 Å². The number of hydrogen-bond donors (Lipinski definition) is 2. The number of methoxy groups -OCH3 is 1. The van der Waals surface area contributed by atoms with Crippen LogP contribution in [-0.2, 0) is 16.6 Å². The second-order valence-electron chi connectivity index (χ2n) is 7.67. The highest BCUT2D eigenvalue weighted by molar-refractivity contribution is 7.92. The van der Waals surface area contributed by atoms with Crippen LogP contribution in [0.3, 0.4) is 0 Å². The standard InChI is InChI=1S/C25H24N4O4S/c1-18-4-9-22(16-24(18)34(31,32)28-21-10-12-23(33-2)13-11-21)27-25(30)20-7-5-19(6-8-20)17-29-15-3-14-26-29/h3-16,28H,17H2,1-2H3,(H,27,30). The Morgan fingerprint density at radius 2 is 1.71 bits per heavy atom. The largest absolute Gasteiger partial charge is 0.497 e. The molecule has 0 radical (unpaired) electrons. The van der Waals surface area contributed by atoms with E-state index in [-0.39, 0.29) is 10.8 Å². The summed E-state index contributed by atoms with van der Waals surface area (Å²) in [5, 5.41) is 6.95. The molecule has 1 amide bonds. The lowest BCUT2D eigenvalue weighted by Crippen LogP contribution is -2.16. The third kappa shape index (κ3) is 5.44. The number of aryl methyl sites for hydroxylation is 1. The van der Waals surface area contributed by atoms with E-state index >= 15 is 0 Å².